The van der Waals surface area contributed by atoms with Gasteiger partial charge < -0.3 is 10.6 Å². The maximum Gasteiger partial charge on any atom is 0.222 e. The third-order valence-corrected chi connectivity index (χ3v) is 4.30. The summed E-state index contributed by atoms with van der Waals surface area (Å²) in [4.78, 5) is 17.6. The second kappa shape index (κ2) is 5.19. The number of nitrogens with zero attached hydrogens (tertiary/aromatic N) is 2. The molecule has 3 rings (SSSR count). The third-order valence-electron chi connectivity index (χ3n) is 4.30. The number of hydrogen-bond acceptors (Lipinski definition) is 3. The number of nitrogens with two attached hydrogens (primary N) is 1. The van der Waals surface area contributed by atoms with Crippen molar-refractivity contribution in [3.05, 3.63) is 35.5 Å². The number of anilines is 1. The number of carbonyl (C=O) groups is 1. The van der Waals surface area contributed by atoms with E-state index in [4.69, 9.17) is 5.73 Å². The minimum Gasteiger partial charge on any atom is -0.370 e. The number of fused-ring (bicyclic) bond motifs is 1. The average molecular weight is 305 g/mol. The van der Waals surface area contributed by atoms with Crippen molar-refractivity contribution in [1.82, 2.24) is 4.98 Å². The Hall–Kier alpha value is -2.24. The van der Waals surface area contributed by atoms with Gasteiger partial charge in [-0.05, 0) is 31.0 Å². The van der Waals surface area contributed by atoms with Crippen molar-refractivity contribution in [1.29, 1.82) is 0 Å². The summed E-state index contributed by atoms with van der Waals surface area (Å²) in [6.07, 6.45) is 0. The van der Waals surface area contributed by atoms with E-state index < -0.39 is 11.6 Å². The SMILES string of the molecule is Cc1cc(N2C[C@@H](C)[C@H](C(N)=O)C2)c2ccc(F)c(F)c2n1. The van der Waals surface area contributed by atoms with Crippen LogP contribution in [0.5, 0.6) is 0 Å². The molecule has 1 saturated heterocycles. The lowest BCUT2D eigenvalue weighted by atomic mass is 9.98. The van der Waals surface area contributed by atoms with Gasteiger partial charge in [0.2, 0.25) is 5.91 Å². The summed E-state index contributed by atoms with van der Waals surface area (Å²) in [7, 11) is 0. The van der Waals surface area contributed by atoms with Crippen molar-refractivity contribution in [2.45, 2.75) is 13.8 Å². The first-order valence-corrected chi connectivity index (χ1v) is 7.18. The number of aryl methyl sites for hydroxylation is 1. The fourth-order valence-corrected chi connectivity index (χ4v) is 3.14. The molecule has 2 aromatic rings. The number of halogens is 2. The van der Waals surface area contributed by atoms with E-state index in [0.29, 0.717) is 24.2 Å². The minimum atomic E-state index is -0.943. The average Bonchev–Trinajstić information content (AvgIpc) is 2.85. The monoisotopic (exact) mass is 305 g/mol. The summed E-state index contributed by atoms with van der Waals surface area (Å²) in [5.74, 6) is -2.31. The summed E-state index contributed by atoms with van der Waals surface area (Å²) >= 11 is 0. The quantitative estimate of drug-likeness (QED) is 0.926. The lowest BCUT2D eigenvalue weighted by Gasteiger charge is -2.21. The molecule has 6 heteroatoms. The zero-order valence-electron chi connectivity index (χ0n) is 12.4. The molecule has 22 heavy (non-hydrogen) atoms. The number of aromatic nitrogens is 1. The number of primary amides is 1. The summed E-state index contributed by atoms with van der Waals surface area (Å²) in [5, 5.41) is 0.543. The third kappa shape index (κ3) is 2.28. The van der Waals surface area contributed by atoms with E-state index in [2.05, 4.69) is 4.98 Å². The van der Waals surface area contributed by atoms with Crippen LogP contribution in [0.25, 0.3) is 10.9 Å². The highest BCUT2D eigenvalue weighted by Crippen LogP contribution is 2.34. The van der Waals surface area contributed by atoms with Gasteiger partial charge in [0.1, 0.15) is 5.52 Å². The van der Waals surface area contributed by atoms with Crippen molar-refractivity contribution >= 4 is 22.5 Å². The van der Waals surface area contributed by atoms with Crippen molar-refractivity contribution in [3.8, 4) is 0 Å². The van der Waals surface area contributed by atoms with E-state index in [1.54, 1.807) is 6.92 Å². The van der Waals surface area contributed by atoms with Crippen LogP contribution in [0.4, 0.5) is 14.5 Å². The molecular weight excluding hydrogens is 288 g/mol. The Morgan fingerprint density at radius 3 is 2.73 bits per heavy atom. The molecule has 2 N–H and O–H groups in total. The zero-order valence-corrected chi connectivity index (χ0v) is 12.4. The Bertz CT molecular complexity index is 763. The van der Waals surface area contributed by atoms with Crippen LogP contribution >= 0.6 is 0 Å². The molecule has 0 unspecified atom stereocenters. The molecular formula is C16H17F2N3O. The van der Waals surface area contributed by atoms with Gasteiger partial charge in [0.05, 0.1) is 5.92 Å². The van der Waals surface area contributed by atoms with E-state index in [1.807, 2.05) is 17.9 Å². The molecule has 116 valence electrons. The van der Waals surface area contributed by atoms with Crippen molar-refractivity contribution < 1.29 is 13.6 Å². The molecule has 1 aromatic heterocycles. The van der Waals surface area contributed by atoms with Gasteiger partial charge >= 0.3 is 0 Å². The fourth-order valence-electron chi connectivity index (χ4n) is 3.14. The molecule has 2 heterocycles. The van der Waals surface area contributed by atoms with Crippen molar-refractivity contribution in [2.24, 2.45) is 17.6 Å². The van der Waals surface area contributed by atoms with Gasteiger partial charge in [-0.15, -0.1) is 0 Å². The van der Waals surface area contributed by atoms with Crippen LogP contribution in [0.1, 0.15) is 12.6 Å². The van der Waals surface area contributed by atoms with Crippen LogP contribution in [0, 0.1) is 30.4 Å². The number of rotatable bonds is 2. The van der Waals surface area contributed by atoms with E-state index in [-0.39, 0.29) is 23.3 Å². The number of carbonyl (C=O) groups excluding carboxylic acids is 1. The Kier molecular flexibility index (Phi) is 3.47. The summed E-state index contributed by atoms with van der Waals surface area (Å²) in [6.45, 7) is 4.82. The van der Waals surface area contributed by atoms with Gasteiger partial charge in [0, 0.05) is 29.9 Å². The Morgan fingerprint density at radius 1 is 1.36 bits per heavy atom. The van der Waals surface area contributed by atoms with Gasteiger partial charge in [-0.3, -0.25) is 4.79 Å². The maximum absolute atomic E-state index is 14.0. The molecule has 0 aliphatic carbocycles. The Balaban J connectivity index is 2.12. The molecule has 0 saturated carbocycles. The number of amides is 1. The molecule has 1 aliphatic rings. The Labute approximate surface area is 126 Å². The lowest BCUT2D eigenvalue weighted by molar-refractivity contribution is -0.122. The molecule has 4 nitrogen and oxygen atoms in total. The van der Waals surface area contributed by atoms with Crippen molar-refractivity contribution in [3.63, 3.8) is 0 Å². The van der Waals surface area contributed by atoms with Crippen LogP contribution in [-0.4, -0.2) is 24.0 Å². The van der Waals surface area contributed by atoms with Gasteiger partial charge in [-0.25, -0.2) is 13.8 Å². The topological polar surface area (TPSA) is 59.2 Å². The fraction of sp³-hybridized carbons (Fsp3) is 0.375. The lowest BCUT2D eigenvalue weighted by Crippen LogP contribution is -2.29. The van der Waals surface area contributed by atoms with E-state index in [1.165, 1.54) is 6.07 Å². The zero-order chi connectivity index (χ0) is 16.0. The first-order valence-electron chi connectivity index (χ1n) is 7.18. The summed E-state index contributed by atoms with van der Waals surface area (Å²) < 4.78 is 27.4. The van der Waals surface area contributed by atoms with Gasteiger partial charge in [-0.2, -0.15) is 0 Å². The smallest absolute Gasteiger partial charge is 0.222 e. The summed E-state index contributed by atoms with van der Waals surface area (Å²) in [5.41, 5.74) is 6.81. The molecule has 0 spiro atoms. The van der Waals surface area contributed by atoms with Crippen LogP contribution in [0.15, 0.2) is 18.2 Å². The van der Waals surface area contributed by atoms with Crippen LogP contribution in [0.3, 0.4) is 0 Å². The molecule has 1 aromatic carbocycles. The standard InChI is InChI=1S/C16H17F2N3O/c1-8-6-21(7-11(8)16(19)22)13-5-9(2)20-15-10(13)3-4-12(17)14(15)18/h3-5,8,11H,6-7H2,1-2H3,(H2,19,22)/t8-,11-/m1/s1. The largest absolute Gasteiger partial charge is 0.370 e. The van der Waals surface area contributed by atoms with E-state index in [0.717, 1.165) is 11.8 Å². The van der Waals surface area contributed by atoms with E-state index >= 15 is 0 Å². The van der Waals surface area contributed by atoms with Crippen LogP contribution < -0.4 is 10.6 Å². The van der Waals surface area contributed by atoms with Crippen molar-refractivity contribution in [2.75, 3.05) is 18.0 Å². The molecule has 0 radical (unpaired) electrons. The minimum absolute atomic E-state index is 0.0187. The number of pyridine rings is 1. The number of hydrogen-bond donors (Lipinski definition) is 1. The second-order valence-electron chi connectivity index (χ2n) is 5.93. The first-order chi connectivity index (χ1) is 10.4. The highest BCUT2D eigenvalue weighted by Gasteiger charge is 2.34. The Morgan fingerprint density at radius 2 is 2.09 bits per heavy atom. The van der Waals surface area contributed by atoms with Crippen LogP contribution in [-0.2, 0) is 4.79 Å². The second-order valence-corrected chi connectivity index (χ2v) is 5.93. The highest BCUT2D eigenvalue weighted by molar-refractivity contribution is 5.93. The first kappa shape index (κ1) is 14.7. The van der Waals surface area contributed by atoms with Gasteiger partial charge in [0.15, 0.2) is 11.6 Å². The molecule has 1 fully saturated rings. The molecule has 1 amide bonds. The van der Waals surface area contributed by atoms with E-state index in [9.17, 15) is 13.6 Å². The number of benzene rings is 1. The molecule has 1 aliphatic heterocycles. The predicted molar refractivity (Wildman–Crippen MR) is 80.5 cm³/mol. The predicted octanol–water partition coefficient (Wildman–Crippen LogP) is 2.38. The van der Waals surface area contributed by atoms with Gasteiger partial charge in [-0.1, -0.05) is 6.92 Å². The highest BCUT2D eigenvalue weighted by atomic mass is 19.2. The normalized spacial score (nSPS) is 21.5. The van der Waals surface area contributed by atoms with Crippen LogP contribution in [0.2, 0.25) is 0 Å². The molecule has 2 atom stereocenters. The molecule has 0 bridgehead atoms. The van der Waals surface area contributed by atoms with Gasteiger partial charge in [0.25, 0.3) is 0 Å². The maximum atomic E-state index is 14.0. The summed E-state index contributed by atoms with van der Waals surface area (Å²) in [6, 6.07) is 4.46.